The Morgan fingerprint density at radius 3 is 2.58 bits per heavy atom. The molecule has 0 atom stereocenters. The van der Waals surface area contributed by atoms with Crippen molar-refractivity contribution in [1.29, 1.82) is 0 Å². The standard InChI is InChI=1S/C15H18ClN3/c1-11-4-6-13(7-5-11)19(3)15-8-12(9-17-2)14(16)10-18-15/h4-8,10,17H,9H2,1-3H3. The molecule has 0 aliphatic rings. The van der Waals surface area contributed by atoms with E-state index in [1.54, 1.807) is 6.20 Å². The molecule has 2 aromatic rings. The first-order chi connectivity index (χ1) is 9.11. The summed E-state index contributed by atoms with van der Waals surface area (Å²) in [5, 5.41) is 3.80. The minimum atomic E-state index is 0.690. The monoisotopic (exact) mass is 275 g/mol. The summed E-state index contributed by atoms with van der Waals surface area (Å²) >= 11 is 6.13. The maximum atomic E-state index is 6.13. The zero-order chi connectivity index (χ0) is 13.8. The highest BCUT2D eigenvalue weighted by Gasteiger charge is 2.08. The van der Waals surface area contributed by atoms with Gasteiger partial charge >= 0.3 is 0 Å². The fourth-order valence-electron chi connectivity index (χ4n) is 1.88. The molecule has 0 unspecified atom stereocenters. The Bertz CT molecular complexity index is 552. The number of hydrogen-bond donors (Lipinski definition) is 1. The van der Waals surface area contributed by atoms with Crippen molar-refractivity contribution in [1.82, 2.24) is 10.3 Å². The minimum Gasteiger partial charge on any atom is -0.329 e. The molecular formula is C15H18ClN3. The number of hydrogen-bond acceptors (Lipinski definition) is 3. The Labute approximate surface area is 119 Å². The van der Waals surface area contributed by atoms with Gasteiger partial charge in [0.1, 0.15) is 5.82 Å². The Balaban J connectivity index is 2.30. The van der Waals surface area contributed by atoms with Crippen molar-refractivity contribution >= 4 is 23.1 Å². The van der Waals surface area contributed by atoms with E-state index >= 15 is 0 Å². The lowest BCUT2D eigenvalue weighted by Gasteiger charge is -2.19. The maximum absolute atomic E-state index is 6.13. The molecule has 1 aromatic heterocycles. The Kier molecular flexibility index (Phi) is 4.40. The number of aromatic nitrogens is 1. The van der Waals surface area contributed by atoms with Gasteiger partial charge in [-0.2, -0.15) is 0 Å². The Hall–Kier alpha value is -1.58. The van der Waals surface area contributed by atoms with Crippen LogP contribution in [0.2, 0.25) is 5.02 Å². The van der Waals surface area contributed by atoms with Gasteiger partial charge in [0, 0.05) is 25.5 Å². The molecule has 2 rings (SSSR count). The van der Waals surface area contributed by atoms with Crippen molar-refractivity contribution in [3.63, 3.8) is 0 Å². The van der Waals surface area contributed by atoms with E-state index in [1.807, 2.05) is 20.2 Å². The first-order valence-corrected chi connectivity index (χ1v) is 6.59. The highest BCUT2D eigenvalue weighted by atomic mass is 35.5. The lowest BCUT2D eigenvalue weighted by atomic mass is 10.2. The SMILES string of the molecule is CNCc1cc(N(C)c2ccc(C)cc2)ncc1Cl. The van der Waals surface area contributed by atoms with E-state index in [0.717, 1.165) is 23.6 Å². The van der Waals surface area contributed by atoms with Crippen molar-refractivity contribution in [2.24, 2.45) is 0 Å². The summed E-state index contributed by atoms with van der Waals surface area (Å²) in [6.07, 6.45) is 1.70. The second-order valence-corrected chi connectivity index (χ2v) is 4.97. The van der Waals surface area contributed by atoms with Crippen LogP contribution < -0.4 is 10.2 Å². The second kappa shape index (κ2) is 6.04. The lowest BCUT2D eigenvalue weighted by molar-refractivity contribution is 0.815. The highest BCUT2D eigenvalue weighted by molar-refractivity contribution is 6.31. The number of nitrogens with one attached hydrogen (secondary N) is 1. The van der Waals surface area contributed by atoms with Crippen LogP contribution in [0.5, 0.6) is 0 Å². The lowest BCUT2D eigenvalue weighted by Crippen LogP contribution is -2.13. The fourth-order valence-corrected chi connectivity index (χ4v) is 2.05. The van der Waals surface area contributed by atoms with Crippen LogP contribution in [-0.2, 0) is 6.54 Å². The minimum absolute atomic E-state index is 0.690. The molecule has 0 amide bonds. The van der Waals surface area contributed by atoms with Gasteiger partial charge in [-0.1, -0.05) is 29.3 Å². The summed E-state index contributed by atoms with van der Waals surface area (Å²) in [4.78, 5) is 6.44. The van der Waals surface area contributed by atoms with E-state index in [4.69, 9.17) is 11.6 Å². The third-order valence-electron chi connectivity index (χ3n) is 3.05. The van der Waals surface area contributed by atoms with E-state index < -0.39 is 0 Å². The molecule has 0 saturated carbocycles. The largest absolute Gasteiger partial charge is 0.329 e. The molecule has 19 heavy (non-hydrogen) atoms. The van der Waals surface area contributed by atoms with Gasteiger partial charge in [-0.15, -0.1) is 0 Å². The van der Waals surface area contributed by atoms with Crippen molar-refractivity contribution in [3.8, 4) is 0 Å². The number of rotatable bonds is 4. The molecule has 0 radical (unpaired) electrons. The van der Waals surface area contributed by atoms with Crippen molar-refractivity contribution in [2.75, 3.05) is 19.0 Å². The van der Waals surface area contributed by atoms with Crippen LogP contribution >= 0.6 is 11.6 Å². The molecule has 0 spiro atoms. The first-order valence-electron chi connectivity index (χ1n) is 6.21. The number of aryl methyl sites for hydroxylation is 1. The smallest absolute Gasteiger partial charge is 0.133 e. The molecular weight excluding hydrogens is 258 g/mol. The van der Waals surface area contributed by atoms with Crippen LogP contribution in [0.25, 0.3) is 0 Å². The number of halogens is 1. The Morgan fingerprint density at radius 1 is 1.26 bits per heavy atom. The molecule has 1 N–H and O–H groups in total. The average Bonchev–Trinajstić information content (AvgIpc) is 2.41. The maximum Gasteiger partial charge on any atom is 0.133 e. The molecule has 1 aromatic carbocycles. The normalized spacial score (nSPS) is 10.5. The van der Waals surface area contributed by atoms with Crippen molar-refractivity contribution in [2.45, 2.75) is 13.5 Å². The van der Waals surface area contributed by atoms with Gasteiger partial charge in [0.25, 0.3) is 0 Å². The summed E-state index contributed by atoms with van der Waals surface area (Å²) in [6, 6.07) is 10.4. The van der Waals surface area contributed by atoms with Crippen molar-refractivity contribution < 1.29 is 0 Å². The predicted octanol–water partition coefficient (Wildman–Crippen LogP) is 3.53. The van der Waals surface area contributed by atoms with Crippen LogP contribution in [0.4, 0.5) is 11.5 Å². The van der Waals surface area contributed by atoms with Crippen LogP contribution in [0.1, 0.15) is 11.1 Å². The Morgan fingerprint density at radius 2 is 1.95 bits per heavy atom. The molecule has 4 heteroatoms. The molecule has 3 nitrogen and oxygen atoms in total. The first kappa shape index (κ1) is 13.8. The third kappa shape index (κ3) is 3.25. The van der Waals surface area contributed by atoms with Gasteiger partial charge in [-0.25, -0.2) is 4.98 Å². The van der Waals surface area contributed by atoms with Crippen LogP contribution in [0.3, 0.4) is 0 Å². The molecule has 0 bridgehead atoms. The van der Waals surface area contributed by atoms with Crippen molar-refractivity contribution in [3.05, 3.63) is 52.7 Å². The molecule has 0 fully saturated rings. The zero-order valence-electron chi connectivity index (χ0n) is 11.4. The van der Waals surface area contributed by atoms with Gasteiger partial charge in [0.2, 0.25) is 0 Å². The van der Waals surface area contributed by atoms with Crippen LogP contribution in [-0.4, -0.2) is 19.1 Å². The second-order valence-electron chi connectivity index (χ2n) is 4.56. The van der Waals surface area contributed by atoms with Gasteiger partial charge in [-0.3, -0.25) is 0 Å². The van der Waals surface area contributed by atoms with E-state index in [1.165, 1.54) is 5.56 Å². The molecule has 0 aliphatic heterocycles. The number of pyridine rings is 1. The van der Waals surface area contributed by atoms with Gasteiger partial charge in [0.15, 0.2) is 0 Å². The van der Waals surface area contributed by atoms with E-state index in [-0.39, 0.29) is 0 Å². The van der Waals surface area contributed by atoms with Gasteiger partial charge in [-0.05, 0) is 37.7 Å². The quantitative estimate of drug-likeness (QED) is 0.925. The molecule has 0 saturated heterocycles. The van der Waals surface area contributed by atoms with E-state index in [0.29, 0.717) is 5.02 Å². The van der Waals surface area contributed by atoms with E-state index in [9.17, 15) is 0 Å². The number of nitrogens with zero attached hydrogens (tertiary/aromatic N) is 2. The average molecular weight is 276 g/mol. The third-order valence-corrected chi connectivity index (χ3v) is 3.39. The van der Waals surface area contributed by atoms with Gasteiger partial charge in [0.05, 0.1) is 5.02 Å². The van der Waals surface area contributed by atoms with Crippen LogP contribution in [0, 0.1) is 6.92 Å². The van der Waals surface area contributed by atoms with E-state index in [2.05, 4.69) is 46.4 Å². The molecule has 1 heterocycles. The topological polar surface area (TPSA) is 28.2 Å². The summed E-state index contributed by atoms with van der Waals surface area (Å²) in [7, 11) is 3.91. The fraction of sp³-hybridized carbons (Fsp3) is 0.267. The van der Waals surface area contributed by atoms with Crippen LogP contribution in [0.15, 0.2) is 36.5 Å². The number of benzene rings is 1. The molecule has 0 aliphatic carbocycles. The summed E-state index contributed by atoms with van der Waals surface area (Å²) in [5.74, 6) is 0.888. The summed E-state index contributed by atoms with van der Waals surface area (Å²) in [5.41, 5.74) is 3.40. The summed E-state index contributed by atoms with van der Waals surface area (Å²) in [6.45, 7) is 2.81. The zero-order valence-corrected chi connectivity index (χ0v) is 12.2. The number of anilines is 2. The molecule has 100 valence electrons. The summed E-state index contributed by atoms with van der Waals surface area (Å²) < 4.78 is 0. The predicted molar refractivity (Wildman–Crippen MR) is 81.3 cm³/mol. The highest BCUT2D eigenvalue weighted by Crippen LogP contribution is 2.25. The van der Waals surface area contributed by atoms with Gasteiger partial charge < -0.3 is 10.2 Å².